The van der Waals surface area contributed by atoms with Crippen molar-refractivity contribution in [3.8, 4) is 0 Å². The Hall–Kier alpha value is -2.87. The van der Waals surface area contributed by atoms with E-state index in [1.807, 2.05) is 39.8 Å². The summed E-state index contributed by atoms with van der Waals surface area (Å²) in [5, 5.41) is 5.69. The van der Waals surface area contributed by atoms with Crippen molar-refractivity contribution >= 4 is 33.2 Å². The van der Waals surface area contributed by atoms with Gasteiger partial charge in [-0.2, -0.15) is 0 Å². The molecule has 2 rings (SSSR count). The van der Waals surface area contributed by atoms with E-state index in [0.717, 1.165) is 17.5 Å². The van der Waals surface area contributed by atoms with Gasteiger partial charge in [-0.05, 0) is 62.9 Å². The van der Waals surface area contributed by atoms with Crippen LogP contribution in [0, 0.1) is 13.8 Å². The summed E-state index contributed by atoms with van der Waals surface area (Å²) in [7, 11) is -3.50. The fourth-order valence-corrected chi connectivity index (χ4v) is 4.28. The molecule has 7 nitrogen and oxygen atoms in total. The van der Waals surface area contributed by atoms with Crippen LogP contribution in [-0.2, 0) is 14.8 Å². The van der Waals surface area contributed by atoms with Crippen LogP contribution in [0.25, 0.3) is 0 Å². The number of aryl methyl sites for hydroxylation is 1. The molecule has 1 atom stereocenters. The van der Waals surface area contributed by atoms with E-state index in [9.17, 15) is 18.0 Å². The first kappa shape index (κ1) is 25.4. The first-order chi connectivity index (χ1) is 15.0. The molecule has 174 valence electrons. The quantitative estimate of drug-likeness (QED) is 0.561. The van der Waals surface area contributed by atoms with E-state index < -0.39 is 10.0 Å². The van der Waals surface area contributed by atoms with Crippen molar-refractivity contribution in [1.29, 1.82) is 0 Å². The van der Waals surface area contributed by atoms with Crippen LogP contribution in [0.4, 0.5) is 11.4 Å². The summed E-state index contributed by atoms with van der Waals surface area (Å²) in [5.41, 5.74) is 3.35. The van der Waals surface area contributed by atoms with E-state index in [-0.39, 0.29) is 30.8 Å². The van der Waals surface area contributed by atoms with Gasteiger partial charge in [0.15, 0.2) is 0 Å². The molecule has 0 aromatic heterocycles. The second kappa shape index (κ2) is 11.1. The lowest BCUT2D eigenvalue weighted by atomic mass is 10.1. The molecule has 0 fully saturated rings. The number of nitrogens with one attached hydrogen (secondary N) is 2. The van der Waals surface area contributed by atoms with Crippen molar-refractivity contribution in [1.82, 2.24) is 5.32 Å². The minimum atomic E-state index is -3.50. The summed E-state index contributed by atoms with van der Waals surface area (Å²) >= 11 is 0. The molecular formula is C24H33N3O4S. The number of anilines is 2. The van der Waals surface area contributed by atoms with Crippen molar-refractivity contribution in [2.24, 2.45) is 0 Å². The molecule has 0 heterocycles. The lowest BCUT2D eigenvalue weighted by Gasteiger charge is -2.25. The van der Waals surface area contributed by atoms with Gasteiger partial charge in [0.1, 0.15) is 0 Å². The Balaban J connectivity index is 2.05. The van der Waals surface area contributed by atoms with Gasteiger partial charge in [0.2, 0.25) is 15.9 Å². The zero-order valence-electron chi connectivity index (χ0n) is 19.4. The van der Waals surface area contributed by atoms with Gasteiger partial charge in [-0.25, -0.2) is 8.42 Å². The highest BCUT2D eigenvalue weighted by atomic mass is 32.2. The van der Waals surface area contributed by atoms with E-state index in [2.05, 4.69) is 10.6 Å². The van der Waals surface area contributed by atoms with Crippen LogP contribution < -0.4 is 14.9 Å². The monoisotopic (exact) mass is 459 g/mol. The molecule has 0 aliphatic rings. The highest BCUT2D eigenvalue weighted by molar-refractivity contribution is 7.92. The lowest BCUT2D eigenvalue weighted by molar-refractivity contribution is -0.116. The maximum atomic E-state index is 12.5. The largest absolute Gasteiger partial charge is 0.350 e. The summed E-state index contributed by atoms with van der Waals surface area (Å²) in [5.74, 6) is -0.517. The SMILES string of the molecule is CC[C@@H](C)NC(=O)c1ccccc1NC(=O)CCCN(c1cccc(C)c1C)S(C)(=O)=O. The normalized spacial score (nSPS) is 12.2. The predicted molar refractivity (Wildman–Crippen MR) is 130 cm³/mol. The van der Waals surface area contributed by atoms with Gasteiger partial charge in [0.05, 0.1) is 23.2 Å². The highest BCUT2D eigenvalue weighted by Gasteiger charge is 2.20. The molecule has 0 spiro atoms. The highest BCUT2D eigenvalue weighted by Crippen LogP contribution is 2.25. The third-order valence-electron chi connectivity index (χ3n) is 5.45. The molecule has 0 bridgehead atoms. The molecule has 0 saturated heterocycles. The number of amides is 2. The van der Waals surface area contributed by atoms with Crippen LogP contribution in [0.1, 0.15) is 54.6 Å². The number of carbonyl (C=O) groups excluding carboxylic acids is 2. The number of rotatable bonds is 10. The van der Waals surface area contributed by atoms with E-state index >= 15 is 0 Å². The molecule has 0 radical (unpaired) electrons. The Kier molecular flexibility index (Phi) is 8.83. The molecule has 0 aliphatic carbocycles. The Bertz CT molecular complexity index is 1070. The molecule has 2 aromatic carbocycles. The van der Waals surface area contributed by atoms with Crippen LogP contribution in [0.3, 0.4) is 0 Å². The van der Waals surface area contributed by atoms with Gasteiger partial charge in [0, 0.05) is 19.0 Å². The fraction of sp³-hybridized carbons (Fsp3) is 0.417. The third kappa shape index (κ3) is 6.82. The first-order valence-corrected chi connectivity index (χ1v) is 12.6. The second-order valence-corrected chi connectivity index (χ2v) is 9.94. The zero-order valence-corrected chi connectivity index (χ0v) is 20.3. The summed E-state index contributed by atoms with van der Waals surface area (Å²) in [6.07, 6.45) is 2.43. The number of nitrogens with zero attached hydrogens (tertiary/aromatic N) is 1. The maximum absolute atomic E-state index is 12.5. The molecule has 8 heteroatoms. The standard InChI is InChI=1S/C24H33N3O4S/c1-6-18(3)25-24(29)20-12-7-8-13-21(20)26-23(28)15-10-16-27(32(5,30)31)22-14-9-11-17(2)19(22)4/h7-9,11-14,18H,6,10,15-16H2,1-5H3,(H,25,29)(H,26,28)/t18-/m1/s1. The molecular weight excluding hydrogens is 426 g/mol. The van der Waals surface area contributed by atoms with Gasteiger partial charge in [-0.3, -0.25) is 13.9 Å². The molecule has 32 heavy (non-hydrogen) atoms. The molecule has 0 aliphatic heterocycles. The lowest BCUT2D eigenvalue weighted by Crippen LogP contribution is -2.33. The summed E-state index contributed by atoms with van der Waals surface area (Å²) < 4.78 is 26.1. The molecule has 2 N–H and O–H groups in total. The average molecular weight is 460 g/mol. The Morgan fingerprint density at radius 3 is 2.41 bits per heavy atom. The smallest absolute Gasteiger partial charge is 0.253 e. The Labute approximate surface area is 191 Å². The number of carbonyl (C=O) groups is 2. The predicted octanol–water partition coefficient (Wildman–Crippen LogP) is 4.02. The van der Waals surface area contributed by atoms with Crippen molar-refractivity contribution < 1.29 is 18.0 Å². The van der Waals surface area contributed by atoms with Crippen molar-refractivity contribution in [2.75, 3.05) is 22.4 Å². The van der Waals surface area contributed by atoms with Crippen LogP contribution in [0.15, 0.2) is 42.5 Å². The molecule has 0 saturated carbocycles. The maximum Gasteiger partial charge on any atom is 0.253 e. The van der Waals surface area contributed by atoms with Gasteiger partial charge in [-0.1, -0.05) is 31.2 Å². The third-order valence-corrected chi connectivity index (χ3v) is 6.63. The fourth-order valence-electron chi connectivity index (χ4n) is 3.26. The first-order valence-electron chi connectivity index (χ1n) is 10.8. The van der Waals surface area contributed by atoms with Crippen LogP contribution in [0.5, 0.6) is 0 Å². The van der Waals surface area contributed by atoms with Crippen molar-refractivity contribution in [2.45, 2.75) is 53.0 Å². The average Bonchev–Trinajstić information content (AvgIpc) is 2.73. The summed E-state index contributed by atoms with van der Waals surface area (Å²) in [4.78, 5) is 25.1. The van der Waals surface area contributed by atoms with E-state index in [4.69, 9.17) is 0 Å². The second-order valence-electron chi connectivity index (χ2n) is 8.03. The van der Waals surface area contributed by atoms with Gasteiger partial charge < -0.3 is 10.6 Å². The molecule has 2 aromatic rings. The number of benzene rings is 2. The number of sulfonamides is 1. The summed E-state index contributed by atoms with van der Waals surface area (Å²) in [6, 6.07) is 12.4. The minimum Gasteiger partial charge on any atom is -0.350 e. The zero-order chi connectivity index (χ0) is 23.9. The molecule has 0 unspecified atom stereocenters. The van der Waals surface area contributed by atoms with Gasteiger partial charge >= 0.3 is 0 Å². The van der Waals surface area contributed by atoms with E-state index in [1.54, 1.807) is 30.3 Å². The topological polar surface area (TPSA) is 95.6 Å². The Morgan fingerprint density at radius 2 is 1.75 bits per heavy atom. The Morgan fingerprint density at radius 1 is 1.06 bits per heavy atom. The van der Waals surface area contributed by atoms with Crippen LogP contribution >= 0.6 is 0 Å². The van der Waals surface area contributed by atoms with Crippen LogP contribution in [-0.4, -0.2) is 39.1 Å². The van der Waals surface area contributed by atoms with Crippen molar-refractivity contribution in [3.05, 3.63) is 59.2 Å². The van der Waals surface area contributed by atoms with Gasteiger partial charge in [0.25, 0.3) is 5.91 Å². The van der Waals surface area contributed by atoms with E-state index in [0.29, 0.717) is 23.4 Å². The number of hydrogen-bond acceptors (Lipinski definition) is 4. The van der Waals surface area contributed by atoms with E-state index in [1.165, 1.54) is 10.6 Å². The van der Waals surface area contributed by atoms with Gasteiger partial charge in [-0.15, -0.1) is 0 Å². The number of para-hydroxylation sites is 1. The number of hydrogen-bond donors (Lipinski definition) is 2. The molecule has 2 amide bonds. The minimum absolute atomic E-state index is 0.0262. The van der Waals surface area contributed by atoms with Crippen LogP contribution in [0.2, 0.25) is 0 Å². The summed E-state index contributed by atoms with van der Waals surface area (Å²) in [6.45, 7) is 7.91. The van der Waals surface area contributed by atoms with Crippen molar-refractivity contribution in [3.63, 3.8) is 0 Å².